The summed E-state index contributed by atoms with van der Waals surface area (Å²) in [5, 5.41) is 11.8. The summed E-state index contributed by atoms with van der Waals surface area (Å²) in [6.07, 6.45) is -5.60. The van der Waals surface area contributed by atoms with Crippen LogP contribution in [0.1, 0.15) is 27.7 Å². The Balaban J connectivity index is 2.73. The highest BCUT2D eigenvalue weighted by Gasteiger charge is 2.62. The van der Waals surface area contributed by atoms with Crippen LogP contribution in [0, 0.1) is 0 Å². The Morgan fingerprint density at radius 1 is 0.829 bits per heavy atom. The fourth-order valence-corrected chi connectivity index (χ4v) is 3.92. The van der Waals surface area contributed by atoms with E-state index in [-0.39, 0.29) is 11.5 Å². The van der Waals surface area contributed by atoms with Crippen molar-refractivity contribution in [2.24, 2.45) is 0 Å². The number of hydrogen-bond donors (Lipinski definition) is 1. The van der Waals surface area contributed by atoms with E-state index in [1.807, 2.05) is 0 Å². The number of carbonyl (C=O) groups is 5. The quantitative estimate of drug-likeness (QED) is 0.334. The Hall–Kier alpha value is -3.45. The van der Waals surface area contributed by atoms with Crippen molar-refractivity contribution in [2.75, 3.05) is 20.8 Å². The molecule has 5 atom stereocenters. The normalized spacial score (nSPS) is 27.5. The number of carbonyl (C=O) groups excluding carboxylic acids is 5. The molecule has 0 aromatic carbocycles. The van der Waals surface area contributed by atoms with Crippen LogP contribution >= 0.6 is 0 Å². The van der Waals surface area contributed by atoms with Crippen LogP contribution in [-0.2, 0) is 57.1 Å². The van der Waals surface area contributed by atoms with Gasteiger partial charge in [0.25, 0.3) is 0 Å². The van der Waals surface area contributed by atoms with Crippen molar-refractivity contribution in [3.63, 3.8) is 0 Å². The molecule has 2 rings (SSSR count). The van der Waals surface area contributed by atoms with Gasteiger partial charge in [0.15, 0.2) is 24.1 Å². The molecule has 0 aromatic heterocycles. The summed E-state index contributed by atoms with van der Waals surface area (Å²) in [4.78, 5) is 59.5. The highest BCUT2D eigenvalue weighted by Crippen LogP contribution is 2.42. The molecule has 35 heavy (non-hydrogen) atoms. The Morgan fingerprint density at radius 2 is 1.29 bits per heavy atom. The number of allylic oxidation sites excluding steroid dienone is 2. The molecule has 0 radical (unpaired) electrons. The fraction of sp³-hybridized carbons (Fsp3) is 0.591. The van der Waals surface area contributed by atoms with Crippen LogP contribution < -0.4 is 0 Å². The highest BCUT2D eigenvalue weighted by atomic mass is 16.7. The molecule has 13 nitrogen and oxygen atoms in total. The van der Waals surface area contributed by atoms with Gasteiger partial charge in [-0.15, -0.1) is 0 Å². The van der Waals surface area contributed by atoms with Crippen LogP contribution in [-0.4, -0.2) is 91.7 Å². The van der Waals surface area contributed by atoms with E-state index in [1.54, 1.807) is 0 Å². The molecular weight excluding hydrogens is 472 g/mol. The highest BCUT2D eigenvalue weighted by molar-refractivity contribution is 6.01. The maximum atomic E-state index is 12.1. The van der Waals surface area contributed by atoms with E-state index in [2.05, 4.69) is 0 Å². The molecule has 0 spiro atoms. The zero-order valence-electron chi connectivity index (χ0n) is 20.1. The van der Waals surface area contributed by atoms with Crippen LogP contribution in [0.15, 0.2) is 23.7 Å². The molecule has 0 saturated carbocycles. The van der Waals surface area contributed by atoms with Gasteiger partial charge in [-0.3, -0.25) is 24.0 Å². The third kappa shape index (κ3) is 6.17. The largest absolute Gasteiger partial charge is 0.497 e. The number of rotatable bonds is 8. The van der Waals surface area contributed by atoms with E-state index >= 15 is 0 Å². The summed E-state index contributed by atoms with van der Waals surface area (Å²) in [5.41, 5.74) is -2.38. The average Bonchev–Trinajstić information content (AvgIpc) is 2.75. The van der Waals surface area contributed by atoms with Gasteiger partial charge in [-0.2, -0.15) is 0 Å². The Labute approximate surface area is 200 Å². The fourth-order valence-electron chi connectivity index (χ4n) is 3.92. The maximum absolute atomic E-state index is 12.1. The van der Waals surface area contributed by atoms with E-state index in [9.17, 15) is 29.1 Å². The molecule has 0 amide bonds. The third-order valence-electron chi connectivity index (χ3n) is 5.14. The van der Waals surface area contributed by atoms with Gasteiger partial charge in [0.05, 0.1) is 14.2 Å². The van der Waals surface area contributed by atoms with Crippen molar-refractivity contribution in [3.05, 3.63) is 23.7 Å². The molecule has 1 fully saturated rings. The Bertz CT molecular complexity index is 910. The van der Waals surface area contributed by atoms with Crippen molar-refractivity contribution in [1.29, 1.82) is 0 Å². The molecule has 0 unspecified atom stereocenters. The number of aliphatic hydroxyl groups is 1. The van der Waals surface area contributed by atoms with E-state index in [0.717, 1.165) is 39.8 Å². The molecule has 1 saturated heterocycles. The number of esters is 4. The van der Waals surface area contributed by atoms with Gasteiger partial charge in [0.1, 0.15) is 30.3 Å². The van der Waals surface area contributed by atoms with Crippen molar-refractivity contribution in [3.8, 4) is 0 Å². The molecule has 13 heteroatoms. The Kier molecular flexibility index (Phi) is 8.99. The molecule has 0 aromatic rings. The maximum Gasteiger partial charge on any atom is 0.303 e. The van der Waals surface area contributed by atoms with Crippen molar-refractivity contribution in [1.82, 2.24) is 0 Å². The smallest absolute Gasteiger partial charge is 0.303 e. The van der Waals surface area contributed by atoms with Crippen LogP contribution in [0.3, 0.4) is 0 Å². The number of methoxy groups -OCH3 is 2. The zero-order valence-corrected chi connectivity index (χ0v) is 20.1. The minimum atomic E-state index is -2.38. The average molecular weight is 500 g/mol. The predicted octanol–water partition coefficient (Wildman–Crippen LogP) is -0.514. The molecule has 2 aliphatic rings. The minimum absolute atomic E-state index is 0.331. The molecule has 1 aliphatic carbocycles. The second kappa shape index (κ2) is 11.3. The van der Waals surface area contributed by atoms with Gasteiger partial charge in [0.2, 0.25) is 5.60 Å². The van der Waals surface area contributed by atoms with Crippen molar-refractivity contribution < 1.29 is 62.2 Å². The second-order valence-electron chi connectivity index (χ2n) is 7.71. The number of ether oxygens (including phenoxy) is 7. The molecule has 0 bridgehead atoms. The summed E-state index contributed by atoms with van der Waals surface area (Å²) >= 11 is 0. The van der Waals surface area contributed by atoms with E-state index in [1.165, 1.54) is 14.2 Å². The summed E-state index contributed by atoms with van der Waals surface area (Å²) in [5.74, 6) is -4.44. The van der Waals surface area contributed by atoms with Crippen LogP contribution in [0.4, 0.5) is 0 Å². The molecule has 194 valence electrons. The van der Waals surface area contributed by atoms with E-state index in [4.69, 9.17) is 33.2 Å². The first-order valence-electron chi connectivity index (χ1n) is 10.4. The van der Waals surface area contributed by atoms with Crippen LogP contribution in [0.25, 0.3) is 0 Å². The lowest BCUT2D eigenvalue weighted by atomic mass is 9.79. The van der Waals surface area contributed by atoms with E-state index in [0.29, 0.717) is 0 Å². The SMILES string of the molecule is COC1=CC(=O)C=C(OC)C1(O)[C@@H]1O[C@H](COC(C)=O)[C@@H](OC(C)=O)[C@H](OC(C)=O)[C@H]1OC(C)=O. The summed E-state index contributed by atoms with van der Waals surface area (Å²) < 4.78 is 37.5. The predicted molar refractivity (Wildman–Crippen MR) is 112 cm³/mol. The number of ketones is 1. The first-order valence-corrected chi connectivity index (χ1v) is 10.4. The molecule has 1 aliphatic heterocycles. The second-order valence-corrected chi connectivity index (χ2v) is 7.71. The monoisotopic (exact) mass is 500 g/mol. The summed E-state index contributed by atoms with van der Waals surface area (Å²) in [7, 11) is 2.35. The molecular formula is C22H28O13. The third-order valence-corrected chi connectivity index (χ3v) is 5.14. The lowest BCUT2D eigenvalue weighted by molar-refractivity contribution is -0.278. The lowest BCUT2D eigenvalue weighted by Crippen LogP contribution is -2.69. The zero-order chi connectivity index (χ0) is 26.5. The van der Waals surface area contributed by atoms with Gasteiger partial charge in [-0.1, -0.05) is 0 Å². The van der Waals surface area contributed by atoms with Gasteiger partial charge >= 0.3 is 23.9 Å². The standard InChI is InChI=1S/C22H28O13/c1-10(23)31-9-15-18(32-11(2)24)19(33-12(3)25)20(34-13(4)26)21(35-15)22(28)16(29-5)7-14(27)8-17(22)30-6/h7-8,15,18-21,28H,9H2,1-6H3/t15-,18-,19+,20-,21-/m1/s1. The molecule has 1 heterocycles. The van der Waals surface area contributed by atoms with Gasteiger partial charge < -0.3 is 38.3 Å². The van der Waals surface area contributed by atoms with Crippen LogP contribution in [0.2, 0.25) is 0 Å². The van der Waals surface area contributed by atoms with Gasteiger partial charge in [-0.05, 0) is 0 Å². The van der Waals surface area contributed by atoms with Crippen molar-refractivity contribution in [2.45, 2.75) is 63.8 Å². The van der Waals surface area contributed by atoms with E-state index < -0.39 is 72.4 Å². The molecule has 1 N–H and O–H groups in total. The summed E-state index contributed by atoms with van der Waals surface area (Å²) in [6, 6.07) is 0. The minimum Gasteiger partial charge on any atom is -0.497 e. The van der Waals surface area contributed by atoms with Crippen molar-refractivity contribution >= 4 is 29.7 Å². The first kappa shape index (κ1) is 27.8. The van der Waals surface area contributed by atoms with Gasteiger partial charge in [-0.25, -0.2) is 0 Å². The first-order chi connectivity index (χ1) is 16.3. The van der Waals surface area contributed by atoms with Crippen LogP contribution in [0.5, 0.6) is 0 Å². The number of hydrogen-bond acceptors (Lipinski definition) is 13. The van der Waals surface area contributed by atoms with Gasteiger partial charge in [0, 0.05) is 39.8 Å². The summed E-state index contributed by atoms with van der Waals surface area (Å²) in [6.45, 7) is 3.84. The topological polar surface area (TPSA) is 170 Å². The Morgan fingerprint density at radius 3 is 1.71 bits per heavy atom. The lowest BCUT2D eigenvalue weighted by Gasteiger charge is -2.49.